The Balaban J connectivity index is 1.93. The molecule has 5 atom stereocenters. The number of hydrogen-bond acceptors (Lipinski definition) is 7. The number of fused-ring (bicyclic) bond motifs is 1. The second-order valence-electron chi connectivity index (χ2n) is 5.71. The molecular weight excluding hydrogens is 318 g/mol. The number of ether oxygens (including phenoxy) is 2. The van der Waals surface area contributed by atoms with Crippen LogP contribution >= 0.6 is 0 Å². The molecule has 1 aliphatic heterocycles. The number of hydrogen-bond donors (Lipinski definition) is 4. The van der Waals surface area contributed by atoms with Crippen molar-refractivity contribution >= 4 is 16.8 Å². The molecule has 1 saturated heterocycles. The van der Waals surface area contributed by atoms with E-state index >= 15 is 0 Å². The van der Waals surface area contributed by atoms with Gasteiger partial charge in [-0.1, -0.05) is 12.1 Å². The number of aromatic nitrogens is 1. The van der Waals surface area contributed by atoms with Gasteiger partial charge in [0.2, 0.25) is 12.2 Å². The smallest absolute Gasteiger partial charge is 0.229 e. The van der Waals surface area contributed by atoms with Crippen LogP contribution in [0.15, 0.2) is 30.5 Å². The van der Waals surface area contributed by atoms with Crippen LogP contribution in [-0.4, -0.2) is 68.2 Å². The summed E-state index contributed by atoms with van der Waals surface area (Å²) in [5.41, 5.74) is 0.629. The molecule has 0 spiro atoms. The molecule has 8 heteroatoms. The van der Waals surface area contributed by atoms with Gasteiger partial charge in [-0.15, -0.1) is 0 Å². The minimum absolute atomic E-state index is 0.213. The Bertz CT molecular complexity index is 741. The molecule has 0 amide bonds. The molecule has 4 N–H and O–H groups in total. The third-order valence-corrected chi connectivity index (χ3v) is 4.11. The van der Waals surface area contributed by atoms with Gasteiger partial charge in [0.1, 0.15) is 30.2 Å². The third-order valence-electron chi connectivity index (χ3n) is 4.11. The van der Waals surface area contributed by atoms with Crippen molar-refractivity contribution in [3.8, 4) is 5.75 Å². The van der Waals surface area contributed by atoms with Crippen molar-refractivity contribution in [2.75, 3.05) is 6.61 Å². The van der Waals surface area contributed by atoms with Crippen LogP contribution in [0.1, 0.15) is 11.7 Å². The van der Waals surface area contributed by atoms with Crippen LogP contribution in [0.25, 0.3) is 10.9 Å². The Kier molecular flexibility index (Phi) is 4.57. The van der Waals surface area contributed by atoms with Gasteiger partial charge in [-0.05, 0) is 12.1 Å². The van der Waals surface area contributed by atoms with Crippen LogP contribution in [0.5, 0.6) is 5.75 Å². The van der Waals surface area contributed by atoms with Crippen LogP contribution in [-0.2, 0) is 4.74 Å². The van der Waals surface area contributed by atoms with Crippen molar-refractivity contribution in [2.24, 2.45) is 0 Å². The average molecular weight is 337 g/mol. The summed E-state index contributed by atoms with van der Waals surface area (Å²) in [5.74, 6) is 0.0694. The Labute approximate surface area is 137 Å². The SMILES string of the molecule is CC(=O)n1cc(O[C@@H]2O[C@H](CO)[C@H](O)[C@@H](O)[C@H]2O)c2ccccc21. The van der Waals surface area contributed by atoms with Gasteiger partial charge in [0, 0.05) is 12.3 Å². The number of aliphatic hydroxyl groups excluding tert-OH is 4. The Morgan fingerprint density at radius 1 is 1.21 bits per heavy atom. The first kappa shape index (κ1) is 16.9. The summed E-state index contributed by atoms with van der Waals surface area (Å²) in [6.45, 7) is 0.865. The molecule has 24 heavy (non-hydrogen) atoms. The normalized spacial score (nSPS) is 30.5. The van der Waals surface area contributed by atoms with Gasteiger partial charge in [-0.3, -0.25) is 9.36 Å². The molecule has 0 aliphatic carbocycles. The van der Waals surface area contributed by atoms with Crippen molar-refractivity contribution in [2.45, 2.75) is 37.6 Å². The highest BCUT2D eigenvalue weighted by atomic mass is 16.7. The predicted molar refractivity (Wildman–Crippen MR) is 82.6 cm³/mol. The van der Waals surface area contributed by atoms with E-state index in [1.54, 1.807) is 24.3 Å². The minimum Gasteiger partial charge on any atom is -0.460 e. The Morgan fingerprint density at radius 2 is 1.92 bits per heavy atom. The lowest BCUT2D eigenvalue weighted by Gasteiger charge is -2.39. The number of para-hydroxylation sites is 1. The summed E-state index contributed by atoms with van der Waals surface area (Å²) in [5, 5.41) is 39.5. The topological polar surface area (TPSA) is 121 Å². The largest absolute Gasteiger partial charge is 0.460 e. The van der Waals surface area contributed by atoms with E-state index < -0.39 is 37.3 Å². The first-order valence-electron chi connectivity index (χ1n) is 7.52. The third kappa shape index (κ3) is 2.79. The standard InChI is InChI=1S/C16H19NO7/c1-8(19)17-6-11(9-4-2-3-5-10(9)17)23-16-15(22)14(21)13(20)12(7-18)24-16/h2-6,12-16,18,20-22H,7H2,1H3/t12-,13+,14-,15-,16-/m1/s1. The summed E-state index contributed by atoms with van der Waals surface area (Å²) in [4.78, 5) is 11.7. The first-order valence-corrected chi connectivity index (χ1v) is 7.52. The molecule has 2 heterocycles. The van der Waals surface area contributed by atoms with E-state index in [1.165, 1.54) is 17.7 Å². The Hall–Kier alpha value is -1.97. The molecule has 1 aromatic carbocycles. The van der Waals surface area contributed by atoms with Gasteiger partial charge < -0.3 is 29.9 Å². The average Bonchev–Trinajstić information content (AvgIpc) is 2.94. The van der Waals surface area contributed by atoms with E-state index in [0.29, 0.717) is 10.9 Å². The molecule has 0 bridgehead atoms. The van der Waals surface area contributed by atoms with E-state index in [2.05, 4.69) is 0 Å². The molecular formula is C16H19NO7. The molecule has 0 radical (unpaired) electrons. The number of carbonyl (C=O) groups is 1. The van der Waals surface area contributed by atoms with Gasteiger partial charge in [0.05, 0.1) is 18.3 Å². The van der Waals surface area contributed by atoms with Crippen LogP contribution in [0.4, 0.5) is 0 Å². The molecule has 0 saturated carbocycles. The molecule has 1 aliphatic rings. The van der Waals surface area contributed by atoms with Gasteiger partial charge in [0.15, 0.2) is 0 Å². The molecule has 1 aromatic heterocycles. The fourth-order valence-corrected chi connectivity index (χ4v) is 2.79. The number of aliphatic hydroxyl groups is 4. The summed E-state index contributed by atoms with van der Waals surface area (Å²) >= 11 is 0. The maximum atomic E-state index is 11.7. The predicted octanol–water partition coefficient (Wildman–Crippen LogP) is -0.520. The molecule has 3 rings (SSSR count). The second kappa shape index (κ2) is 6.50. The maximum absolute atomic E-state index is 11.7. The van der Waals surface area contributed by atoms with Crippen molar-refractivity contribution < 1.29 is 34.7 Å². The zero-order chi connectivity index (χ0) is 17.4. The van der Waals surface area contributed by atoms with Crippen LogP contribution in [0, 0.1) is 0 Å². The fourth-order valence-electron chi connectivity index (χ4n) is 2.79. The van der Waals surface area contributed by atoms with Crippen LogP contribution in [0.2, 0.25) is 0 Å². The van der Waals surface area contributed by atoms with Gasteiger partial charge in [-0.25, -0.2) is 0 Å². The zero-order valence-electron chi connectivity index (χ0n) is 12.9. The number of carbonyl (C=O) groups excluding carboxylic acids is 1. The summed E-state index contributed by atoms with van der Waals surface area (Å²) in [6, 6.07) is 7.04. The highest BCUT2D eigenvalue weighted by molar-refractivity contribution is 5.95. The minimum atomic E-state index is -1.53. The highest BCUT2D eigenvalue weighted by Gasteiger charge is 2.44. The molecule has 130 valence electrons. The van der Waals surface area contributed by atoms with Crippen molar-refractivity contribution in [1.29, 1.82) is 0 Å². The summed E-state index contributed by atoms with van der Waals surface area (Å²) in [6.07, 6.45) is -5.39. The summed E-state index contributed by atoms with van der Waals surface area (Å²) < 4.78 is 12.4. The van der Waals surface area contributed by atoms with Crippen LogP contribution < -0.4 is 4.74 Å². The lowest BCUT2D eigenvalue weighted by Crippen LogP contribution is -2.60. The van der Waals surface area contributed by atoms with E-state index in [4.69, 9.17) is 9.47 Å². The van der Waals surface area contributed by atoms with E-state index in [9.17, 15) is 25.2 Å². The van der Waals surface area contributed by atoms with Crippen molar-refractivity contribution in [1.82, 2.24) is 4.57 Å². The van der Waals surface area contributed by atoms with Crippen molar-refractivity contribution in [3.05, 3.63) is 30.5 Å². The Morgan fingerprint density at radius 3 is 2.58 bits per heavy atom. The number of rotatable bonds is 3. The molecule has 0 unspecified atom stereocenters. The second-order valence-corrected chi connectivity index (χ2v) is 5.71. The quantitative estimate of drug-likeness (QED) is 0.594. The lowest BCUT2D eigenvalue weighted by atomic mass is 9.99. The zero-order valence-corrected chi connectivity index (χ0v) is 12.9. The fraction of sp³-hybridized carbons (Fsp3) is 0.438. The maximum Gasteiger partial charge on any atom is 0.229 e. The molecule has 2 aromatic rings. The van der Waals surface area contributed by atoms with Crippen LogP contribution in [0.3, 0.4) is 0 Å². The molecule has 8 nitrogen and oxygen atoms in total. The first-order chi connectivity index (χ1) is 11.4. The highest BCUT2D eigenvalue weighted by Crippen LogP contribution is 2.31. The lowest BCUT2D eigenvalue weighted by molar-refractivity contribution is -0.277. The van der Waals surface area contributed by atoms with Crippen molar-refractivity contribution in [3.63, 3.8) is 0 Å². The number of benzene rings is 1. The van der Waals surface area contributed by atoms with E-state index in [0.717, 1.165) is 0 Å². The molecule has 1 fully saturated rings. The van der Waals surface area contributed by atoms with E-state index in [1.807, 2.05) is 0 Å². The van der Waals surface area contributed by atoms with Gasteiger partial charge in [0.25, 0.3) is 0 Å². The van der Waals surface area contributed by atoms with Gasteiger partial charge >= 0.3 is 0 Å². The monoisotopic (exact) mass is 337 g/mol. The van der Waals surface area contributed by atoms with E-state index in [-0.39, 0.29) is 11.7 Å². The number of nitrogens with zero attached hydrogens (tertiary/aromatic N) is 1. The summed E-state index contributed by atoms with van der Waals surface area (Å²) in [7, 11) is 0. The van der Waals surface area contributed by atoms with Gasteiger partial charge in [-0.2, -0.15) is 0 Å².